The molecule has 1 aromatic rings. The Bertz CT molecular complexity index is 339. The van der Waals surface area contributed by atoms with Gasteiger partial charge in [0, 0.05) is 6.07 Å². The molecule has 0 heterocycles. The molecule has 0 aliphatic rings. The molecule has 0 saturated carbocycles. The van der Waals surface area contributed by atoms with Gasteiger partial charge >= 0.3 is 57.1 Å². The van der Waals surface area contributed by atoms with Crippen molar-refractivity contribution < 1.29 is 14.8 Å². The van der Waals surface area contributed by atoms with Crippen LogP contribution >= 0.6 is 0 Å². The van der Waals surface area contributed by atoms with Crippen LogP contribution in [0.3, 0.4) is 0 Å². The minimum absolute atomic E-state index is 0. The summed E-state index contributed by atoms with van der Waals surface area (Å²) in [6.07, 6.45) is 0.363. The molecule has 0 bridgehead atoms. The van der Waals surface area contributed by atoms with Gasteiger partial charge < -0.3 is 5.11 Å². The standard InChI is InChI=1S/C7H5NO4.K.H/c9-4-5-2-1-3-6(7(5)10)8(11)12;;/h1-4,10H;;. The Hall–Kier alpha value is -0.274. The third-order valence-electron chi connectivity index (χ3n) is 1.37. The van der Waals surface area contributed by atoms with Gasteiger partial charge in [0.05, 0.1) is 10.5 Å². The fourth-order valence-corrected chi connectivity index (χ4v) is 0.791. The quantitative estimate of drug-likeness (QED) is 0.331. The normalized spacial score (nSPS) is 8.62. The van der Waals surface area contributed by atoms with E-state index in [1.165, 1.54) is 12.1 Å². The number of phenols is 1. The summed E-state index contributed by atoms with van der Waals surface area (Å²) in [4.78, 5) is 19.7. The van der Waals surface area contributed by atoms with Gasteiger partial charge in [-0.3, -0.25) is 14.9 Å². The van der Waals surface area contributed by atoms with Gasteiger partial charge in [0.25, 0.3) is 0 Å². The van der Waals surface area contributed by atoms with Gasteiger partial charge in [-0.1, -0.05) is 6.07 Å². The number of para-hydroxylation sites is 1. The zero-order chi connectivity index (χ0) is 9.14. The van der Waals surface area contributed by atoms with Crippen molar-refractivity contribution in [3.05, 3.63) is 33.9 Å². The summed E-state index contributed by atoms with van der Waals surface area (Å²) in [6, 6.07) is 3.76. The van der Waals surface area contributed by atoms with Gasteiger partial charge in [-0.05, 0) is 6.07 Å². The number of carbonyl (C=O) groups is 1. The Kier molecular flexibility index (Phi) is 5.34. The van der Waals surface area contributed by atoms with Crippen LogP contribution in [0.25, 0.3) is 0 Å². The Morgan fingerprint density at radius 3 is 2.54 bits per heavy atom. The summed E-state index contributed by atoms with van der Waals surface area (Å²) in [5.41, 5.74) is -0.538. The Labute approximate surface area is 116 Å². The van der Waals surface area contributed by atoms with Gasteiger partial charge in [-0.15, -0.1) is 0 Å². The molecule has 0 aliphatic heterocycles. The van der Waals surface area contributed by atoms with E-state index < -0.39 is 16.4 Å². The van der Waals surface area contributed by atoms with Gasteiger partial charge in [0.1, 0.15) is 0 Å². The Balaban J connectivity index is 0.00000144. The van der Waals surface area contributed by atoms with E-state index in [0.29, 0.717) is 6.29 Å². The average molecular weight is 207 g/mol. The van der Waals surface area contributed by atoms with Crippen LogP contribution in [-0.4, -0.2) is 67.7 Å². The molecule has 0 saturated heterocycles. The number of hydrogen-bond donors (Lipinski definition) is 1. The van der Waals surface area contributed by atoms with Crippen LogP contribution < -0.4 is 0 Å². The number of benzene rings is 1. The number of nitro groups is 1. The van der Waals surface area contributed by atoms with Crippen molar-refractivity contribution in [3.63, 3.8) is 0 Å². The van der Waals surface area contributed by atoms with E-state index >= 15 is 0 Å². The molecule has 1 aromatic carbocycles. The zero-order valence-corrected chi connectivity index (χ0v) is 5.93. The monoisotopic (exact) mass is 207 g/mol. The molecule has 13 heavy (non-hydrogen) atoms. The third kappa shape index (κ3) is 2.85. The molecular weight excluding hydrogens is 201 g/mol. The molecule has 0 spiro atoms. The van der Waals surface area contributed by atoms with Gasteiger partial charge in [-0.25, -0.2) is 0 Å². The molecule has 0 atom stereocenters. The molecule has 0 radical (unpaired) electrons. The second kappa shape index (κ2) is 5.46. The van der Waals surface area contributed by atoms with Gasteiger partial charge in [0.15, 0.2) is 6.29 Å². The van der Waals surface area contributed by atoms with Gasteiger partial charge in [0.2, 0.25) is 5.75 Å². The van der Waals surface area contributed by atoms with Crippen molar-refractivity contribution in [1.29, 1.82) is 0 Å². The second-order valence-electron chi connectivity index (χ2n) is 2.09. The van der Waals surface area contributed by atoms with Crippen molar-refractivity contribution >= 4 is 63.4 Å². The van der Waals surface area contributed by atoms with Crippen molar-refractivity contribution in [2.45, 2.75) is 0 Å². The minimum atomic E-state index is -0.748. The maximum atomic E-state index is 10.2. The van der Waals surface area contributed by atoms with E-state index in [0.717, 1.165) is 6.07 Å². The fourth-order valence-electron chi connectivity index (χ4n) is 0.791. The van der Waals surface area contributed by atoms with Crippen LogP contribution in [0.5, 0.6) is 5.75 Å². The summed E-state index contributed by atoms with van der Waals surface area (Å²) in [6.45, 7) is 0. The molecule has 1 N–H and O–H groups in total. The fraction of sp³-hybridized carbons (Fsp3) is 0. The van der Waals surface area contributed by atoms with Crippen LogP contribution in [0.4, 0.5) is 5.69 Å². The number of aromatic hydroxyl groups is 1. The van der Waals surface area contributed by atoms with Crippen molar-refractivity contribution in [1.82, 2.24) is 0 Å². The number of carbonyl (C=O) groups excluding carboxylic acids is 1. The van der Waals surface area contributed by atoms with Crippen molar-refractivity contribution in [2.24, 2.45) is 0 Å². The predicted octanol–water partition coefficient (Wildman–Crippen LogP) is 0.464. The molecule has 0 aromatic heterocycles. The van der Waals surface area contributed by atoms with Crippen molar-refractivity contribution in [2.75, 3.05) is 0 Å². The van der Waals surface area contributed by atoms with Crippen LogP contribution in [-0.2, 0) is 0 Å². The molecule has 64 valence electrons. The Morgan fingerprint density at radius 2 is 2.08 bits per heavy atom. The van der Waals surface area contributed by atoms with Crippen LogP contribution in [0.1, 0.15) is 10.4 Å². The zero-order valence-electron chi connectivity index (χ0n) is 5.93. The van der Waals surface area contributed by atoms with Crippen LogP contribution in [0.2, 0.25) is 0 Å². The molecule has 5 nitrogen and oxygen atoms in total. The molecule has 0 unspecified atom stereocenters. The van der Waals surface area contributed by atoms with Gasteiger partial charge in [-0.2, -0.15) is 0 Å². The number of phenolic OH excluding ortho intramolecular Hbond substituents is 1. The molecule has 1 rings (SSSR count). The van der Waals surface area contributed by atoms with Crippen LogP contribution in [0, 0.1) is 10.1 Å². The van der Waals surface area contributed by atoms with E-state index in [1.807, 2.05) is 0 Å². The van der Waals surface area contributed by atoms with E-state index in [1.54, 1.807) is 0 Å². The molecular formula is C7H6KNO4. The molecule has 6 heteroatoms. The van der Waals surface area contributed by atoms with Crippen molar-refractivity contribution in [3.8, 4) is 5.75 Å². The first-order chi connectivity index (χ1) is 5.66. The Morgan fingerprint density at radius 1 is 1.46 bits per heavy atom. The summed E-state index contributed by atoms with van der Waals surface area (Å²) in [5.74, 6) is -0.586. The molecule has 0 aliphatic carbocycles. The SMILES string of the molecule is O=Cc1cccc([N+](=O)[O-])c1O.[KH]. The number of nitrogens with zero attached hydrogens (tertiary/aromatic N) is 1. The first-order valence-electron chi connectivity index (χ1n) is 3.08. The summed E-state index contributed by atoms with van der Waals surface area (Å²) >= 11 is 0. The second-order valence-corrected chi connectivity index (χ2v) is 2.09. The predicted molar refractivity (Wildman–Crippen MR) is 47.3 cm³/mol. The third-order valence-corrected chi connectivity index (χ3v) is 1.37. The van der Waals surface area contributed by atoms with Crippen LogP contribution in [0.15, 0.2) is 18.2 Å². The van der Waals surface area contributed by atoms with E-state index in [-0.39, 0.29) is 56.9 Å². The number of aldehydes is 1. The maximum absolute atomic E-state index is 10.2. The van der Waals surface area contributed by atoms with E-state index in [4.69, 9.17) is 5.11 Å². The summed E-state index contributed by atoms with van der Waals surface area (Å²) in [5, 5.41) is 19.3. The first-order valence-corrected chi connectivity index (χ1v) is 3.08. The summed E-state index contributed by atoms with van der Waals surface area (Å²) < 4.78 is 0. The number of nitro benzene ring substituents is 1. The molecule has 0 amide bonds. The van der Waals surface area contributed by atoms with E-state index in [2.05, 4.69) is 0 Å². The van der Waals surface area contributed by atoms with E-state index in [9.17, 15) is 14.9 Å². The first kappa shape index (κ1) is 12.7. The average Bonchev–Trinajstić information content (AvgIpc) is 2.04. The molecule has 0 fully saturated rings. The number of rotatable bonds is 2. The topological polar surface area (TPSA) is 80.4 Å². The summed E-state index contributed by atoms with van der Waals surface area (Å²) in [7, 11) is 0. The number of hydrogen-bond acceptors (Lipinski definition) is 4.